The van der Waals surface area contributed by atoms with Crippen molar-refractivity contribution in [3.8, 4) is 5.75 Å². The van der Waals surface area contributed by atoms with E-state index in [1.165, 1.54) is 6.07 Å². The minimum Gasteiger partial charge on any atom is -0.508 e. The number of rotatable bonds is 6. The standard InChI is InChI=1S/C13H18ClNO2/c1-9(16)12(15-2)5-3-4-10-6-7-11(14)8-13(10)17/h6-8,12,15,17H,3-5H2,1-2H3. The van der Waals surface area contributed by atoms with Crippen molar-refractivity contribution in [2.24, 2.45) is 0 Å². The largest absolute Gasteiger partial charge is 0.508 e. The number of carbonyl (C=O) groups is 1. The van der Waals surface area contributed by atoms with E-state index in [-0.39, 0.29) is 17.6 Å². The number of phenols is 1. The Bertz CT molecular complexity index is 393. The van der Waals surface area contributed by atoms with Crippen molar-refractivity contribution in [2.75, 3.05) is 7.05 Å². The van der Waals surface area contributed by atoms with E-state index in [4.69, 9.17) is 11.6 Å². The van der Waals surface area contributed by atoms with E-state index >= 15 is 0 Å². The Labute approximate surface area is 107 Å². The molecule has 0 heterocycles. The zero-order valence-electron chi connectivity index (χ0n) is 10.2. The fourth-order valence-corrected chi connectivity index (χ4v) is 1.96. The third-order valence-corrected chi connectivity index (χ3v) is 3.06. The molecule has 17 heavy (non-hydrogen) atoms. The maximum Gasteiger partial charge on any atom is 0.146 e. The lowest BCUT2D eigenvalue weighted by Gasteiger charge is -2.12. The molecule has 1 aromatic rings. The van der Waals surface area contributed by atoms with Crippen LogP contribution >= 0.6 is 11.6 Å². The van der Waals surface area contributed by atoms with Crippen molar-refractivity contribution in [3.05, 3.63) is 28.8 Å². The molecule has 94 valence electrons. The highest BCUT2D eigenvalue weighted by molar-refractivity contribution is 6.30. The van der Waals surface area contributed by atoms with Crippen molar-refractivity contribution in [1.29, 1.82) is 0 Å². The number of aryl methyl sites for hydroxylation is 1. The third kappa shape index (κ3) is 4.36. The average Bonchev–Trinajstić information content (AvgIpc) is 2.26. The molecule has 4 heteroatoms. The molecule has 0 fully saturated rings. The van der Waals surface area contributed by atoms with Crippen molar-refractivity contribution in [1.82, 2.24) is 5.32 Å². The molecular weight excluding hydrogens is 238 g/mol. The first kappa shape index (κ1) is 14.0. The molecular formula is C13H18ClNO2. The molecule has 1 aromatic carbocycles. The van der Waals surface area contributed by atoms with Gasteiger partial charge in [-0.15, -0.1) is 0 Å². The third-order valence-electron chi connectivity index (χ3n) is 2.83. The number of Topliss-reactive ketones (excluding diaryl/α,β-unsaturated/α-hetero) is 1. The Morgan fingerprint density at radius 3 is 2.76 bits per heavy atom. The van der Waals surface area contributed by atoms with Crippen LogP contribution in [0.4, 0.5) is 0 Å². The summed E-state index contributed by atoms with van der Waals surface area (Å²) < 4.78 is 0. The molecule has 1 atom stereocenters. The summed E-state index contributed by atoms with van der Waals surface area (Å²) >= 11 is 5.75. The number of aromatic hydroxyl groups is 1. The molecule has 1 rings (SSSR count). The number of nitrogens with one attached hydrogen (secondary N) is 1. The monoisotopic (exact) mass is 255 g/mol. The summed E-state index contributed by atoms with van der Waals surface area (Å²) in [6, 6.07) is 5.03. The fourth-order valence-electron chi connectivity index (χ4n) is 1.80. The number of likely N-dealkylation sites (N-methyl/N-ethyl adjacent to an activating group) is 1. The quantitative estimate of drug-likeness (QED) is 0.821. The molecule has 0 aromatic heterocycles. The van der Waals surface area contributed by atoms with E-state index < -0.39 is 0 Å². The molecule has 0 aliphatic heterocycles. The Morgan fingerprint density at radius 1 is 1.53 bits per heavy atom. The van der Waals surface area contributed by atoms with Crippen LogP contribution in [0.25, 0.3) is 0 Å². The van der Waals surface area contributed by atoms with E-state index in [2.05, 4.69) is 5.32 Å². The van der Waals surface area contributed by atoms with E-state index in [9.17, 15) is 9.90 Å². The van der Waals surface area contributed by atoms with E-state index in [1.54, 1.807) is 20.0 Å². The van der Waals surface area contributed by atoms with Gasteiger partial charge in [-0.3, -0.25) is 4.79 Å². The van der Waals surface area contributed by atoms with Crippen LogP contribution < -0.4 is 5.32 Å². The molecule has 0 radical (unpaired) electrons. The second-order valence-corrected chi connectivity index (χ2v) is 4.55. The number of halogens is 1. The normalized spacial score (nSPS) is 12.4. The molecule has 0 aliphatic carbocycles. The van der Waals surface area contributed by atoms with Gasteiger partial charge in [-0.1, -0.05) is 17.7 Å². The van der Waals surface area contributed by atoms with Crippen molar-refractivity contribution >= 4 is 17.4 Å². The number of ketones is 1. The lowest BCUT2D eigenvalue weighted by molar-refractivity contribution is -0.119. The average molecular weight is 256 g/mol. The molecule has 1 unspecified atom stereocenters. The second-order valence-electron chi connectivity index (χ2n) is 4.12. The zero-order valence-corrected chi connectivity index (χ0v) is 10.9. The van der Waals surface area contributed by atoms with Crippen molar-refractivity contribution in [3.63, 3.8) is 0 Å². The molecule has 3 nitrogen and oxygen atoms in total. The van der Waals surface area contributed by atoms with Crippen molar-refractivity contribution in [2.45, 2.75) is 32.2 Å². The van der Waals surface area contributed by atoms with Crippen LogP contribution in [0, 0.1) is 0 Å². The maximum atomic E-state index is 11.2. The van der Waals surface area contributed by atoms with Gasteiger partial charge in [0.2, 0.25) is 0 Å². The SMILES string of the molecule is CNC(CCCc1ccc(Cl)cc1O)C(C)=O. The number of carbonyl (C=O) groups excluding carboxylic acids is 1. The Morgan fingerprint density at radius 2 is 2.24 bits per heavy atom. The Hall–Kier alpha value is -1.06. The maximum absolute atomic E-state index is 11.2. The lowest BCUT2D eigenvalue weighted by Crippen LogP contribution is -2.32. The van der Waals surface area contributed by atoms with Gasteiger partial charge >= 0.3 is 0 Å². The highest BCUT2D eigenvalue weighted by Gasteiger charge is 2.11. The lowest BCUT2D eigenvalue weighted by atomic mass is 10.0. The minimum absolute atomic E-state index is 0.0931. The molecule has 0 aliphatic rings. The predicted molar refractivity (Wildman–Crippen MR) is 69.6 cm³/mol. The van der Waals surface area contributed by atoms with Gasteiger partial charge in [-0.05, 0) is 50.9 Å². The van der Waals surface area contributed by atoms with Crippen LogP contribution in [0.3, 0.4) is 0 Å². The number of hydrogen-bond acceptors (Lipinski definition) is 3. The molecule has 0 saturated carbocycles. The van der Waals surface area contributed by atoms with Crippen molar-refractivity contribution < 1.29 is 9.90 Å². The highest BCUT2D eigenvalue weighted by Crippen LogP contribution is 2.23. The number of phenolic OH excluding ortho intramolecular Hbond substituents is 1. The number of benzene rings is 1. The first-order chi connectivity index (χ1) is 8.04. The summed E-state index contributed by atoms with van der Waals surface area (Å²) in [4.78, 5) is 11.2. The van der Waals surface area contributed by atoms with Crippen LogP contribution in [0.15, 0.2) is 18.2 Å². The van der Waals surface area contributed by atoms with Crippen LogP contribution in [0.5, 0.6) is 5.75 Å². The van der Waals surface area contributed by atoms with Gasteiger partial charge in [0, 0.05) is 5.02 Å². The summed E-state index contributed by atoms with van der Waals surface area (Å²) in [7, 11) is 1.78. The van der Waals surface area contributed by atoms with Crippen LogP contribution in [-0.4, -0.2) is 24.0 Å². The van der Waals surface area contributed by atoms with Crippen LogP contribution in [0.1, 0.15) is 25.3 Å². The summed E-state index contributed by atoms with van der Waals surface area (Å²) in [5.74, 6) is 0.370. The number of hydrogen-bond donors (Lipinski definition) is 2. The topological polar surface area (TPSA) is 49.3 Å². The van der Waals surface area contributed by atoms with E-state index in [0.29, 0.717) is 5.02 Å². The highest BCUT2D eigenvalue weighted by atomic mass is 35.5. The van der Waals surface area contributed by atoms with Gasteiger partial charge in [-0.2, -0.15) is 0 Å². The van der Waals surface area contributed by atoms with Gasteiger partial charge < -0.3 is 10.4 Å². The Balaban J connectivity index is 2.48. The first-order valence-electron chi connectivity index (χ1n) is 5.69. The summed E-state index contributed by atoms with van der Waals surface area (Å²) in [5.41, 5.74) is 0.868. The molecule has 0 bridgehead atoms. The van der Waals surface area contributed by atoms with Gasteiger partial charge in [0.05, 0.1) is 6.04 Å². The minimum atomic E-state index is -0.0931. The zero-order chi connectivity index (χ0) is 12.8. The summed E-state index contributed by atoms with van der Waals surface area (Å²) in [5, 5.41) is 13.2. The molecule has 2 N–H and O–H groups in total. The molecule has 0 saturated heterocycles. The van der Waals surface area contributed by atoms with Crippen LogP contribution in [-0.2, 0) is 11.2 Å². The predicted octanol–water partition coefficient (Wildman–Crippen LogP) is 2.55. The summed E-state index contributed by atoms with van der Waals surface area (Å²) in [6.45, 7) is 1.58. The molecule has 0 amide bonds. The summed E-state index contributed by atoms with van der Waals surface area (Å²) in [6.07, 6.45) is 2.36. The second kappa shape index (κ2) is 6.62. The van der Waals surface area contributed by atoms with Gasteiger partial charge in [-0.25, -0.2) is 0 Å². The smallest absolute Gasteiger partial charge is 0.146 e. The van der Waals surface area contributed by atoms with Gasteiger partial charge in [0.15, 0.2) is 0 Å². The first-order valence-corrected chi connectivity index (χ1v) is 6.07. The van der Waals surface area contributed by atoms with E-state index in [1.807, 2.05) is 6.07 Å². The molecule has 0 spiro atoms. The van der Waals surface area contributed by atoms with E-state index in [0.717, 1.165) is 24.8 Å². The fraction of sp³-hybridized carbons (Fsp3) is 0.462. The van der Waals surface area contributed by atoms with Gasteiger partial charge in [0.1, 0.15) is 11.5 Å². The Kier molecular flexibility index (Phi) is 5.45. The van der Waals surface area contributed by atoms with Crippen LogP contribution in [0.2, 0.25) is 5.02 Å². The van der Waals surface area contributed by atoms with Gasteiger partial charge in [0.25, 0.3) is 0 Å².